The second kappa shape index (κ2) is 3.80. The van der Waals surface area contributed by atoms with Gasteiger partial charge < -0.3 is 5.32 Å². The van der Waals surface area contributed by atoms with Crippen molar-refractivity contribution in [3.8, 4) is 0 Å². The van der Waals surface area contributed by atoms with E-state index in [0.29, 0.717) is 0 Å². The molecule has 1 atom stereocenters. The van der Waals surface area contributed by atoms with Crippen LogP contribution in [0.25, 0.3) is 0 Å². The van der Waals surface area contributed by atoms with E-state index >= 15 is 0 Å². The first-order valence-electron chi connectivity index (χ1n) is 5.26. The lowest BCUT2D eigenvalue weighted by Gasteiger charge is -2.08. The third-order valence-electron chi connectivity index (χ3n) is 3.04. The van der Waals surface area contributed by atoms with E-state index in [9.17, 15) is 10.1 Å². The summed E-state index contributed by atoms with van der Waals surface area (Å²) >= 11 is 5.72. The summed E-state index contributed by atoms with van der Waals surface area (Å²) in [5, 5.41) is 14.0. The summed E-state index contributed by atoms with van der Waals surface area (Å²) in [4.78, 5) is 18.2. The first-order chi connectivity index (χ1) is 7.81. The SMILES string of the molecule is Cc1nc(Cl)nc(NC2CC2(C)C)c1[N+](=O)[O-]. The summed E-state index contributed by atoms with van der Waals surface area (Å²) in [6, 6.07) is 0.201. The maximum absolute atomic E-state index is 11.0. The number of rotatable bonds is 3. The van der Waals surface area contributed by atoms with Crippen LogP contribution in [0, 0.1) is 22.5 Å². The van der Waals surface area contributed by atoms with Crippen LogP contribution < -0.4 is 5.32 Å². The Morgan fingerprint density at radius 2 is 2.12 bits per heavy atom. The Morgan fingerprint density at radius 3 is 2.59 bits per heavy atom. The molecule has 1 aliphatic rings. The molecular weight excluding hydrogens is 244 g/mol. The highest BCUT2D eigenvalue weighted by Gasteiger charge is 2.46. The minimum atomic E-state index is -0.483. The van der Waals surface area contributed by atoms with Gasteiger partial charge in [0.2, 0.25) is 11.1 Å². The van der Waals surface area contributed by atoms with E-state index in [-0.39, 0.29) is 33.9 Å². The van der Waals surface area contributed by atoms with E-state index in [1.807, 2.05) is 0 Å². The van der Waals surface area contributed by atoms with Gasteiger partial charge in [0.1, 0.15) is 5.69 Å². The molecule has 1 aromatic heterocycles. The summed E-state index contributed by atoms with van der Waals surface area (Å²) in [6.45, 7) is 5.73. The maximum atomic E-state index is 11.0. The molecule has 0 amide bonds. The van der Waals surface area contributed by atoms with Crippen molar-refractivity contribution in [1.82, 2.24) is 9.97 Å². The fraction of sp³-hybridized carbons (Fsp3) is 0.600. The molecule has 1 fully saturated rings. The van der Waals surface area contributed by atoms with Crippen molar-refractivity contribution in [2.45, 2.75) is 33.2 Å². The third kappa shape index (κ3) is 2.31. The van der Waals surface area contributed by atoms with E-state index in [4.69, 9.17) is 11.6 Å². The van der Waals surface area contributed by atoms with Gasteiger partial charge in [-0.25, -0.2) is 4.98 Å². The van der Waals surface area contributed by atoms with Gasteiger partial charge in [-0.3, -0.25) is 10.1 Å². The number of hydrogen-bond donors (Lipinski definition) is 1. The van der Waals surface area contributed by atoms with Crippen molar-refractivity contribution in [1.29, 1.82) is 0 Å². The first kappa shape index (κ1) is 12.0. The van der Waals surface area contributed by atoms with Gasteiger partial charge in [-0.15, -0.1) is 0 Å². The lowest BCUT2D eigenvalue weighted by molar-refractivity contribution is -0.385. The monoisotopic (exact) mass is 256 g/mol. The first-order valence-corrected chi connectivity index (χ1v) is 5.64. The Hall–Kier alpha value is -1.43. The number of anilines is 1. The normalized spacial score (nSPS) is 21.1. The second-order valence-corrected chi connectivity index (χ2v) is 5.26. The summed E-state index contributed by atoms with van der Waals surface area (Å²) in [5.74, 6) is 0.211. The molecule has 0 spiro atoms. The molecular formula is C10H13ClN4O2. The Labute approximate surface area is 104 Å². The molecule has 1 aliphatic carbocycles. The Kier molecular flexibility index (Phi) is 2.69. The fourth-order valence-corrected chi connectivity index (χ4v) is 1.94. The van der Waals surface area contributed by atoms with Crippen LogP contribution in [0.15, 0.2) is 0 Å². The predicted octanol–water partition coefficient (Wildman–Crippen LogP) is 2.56. The van der Waals surface area contributed by atoms with E-state index in [1.165, 1.54) is 0 Å². The topological polar surface area (TPSA) is 81.0 Å². The van der Waals surface area contributed by atoms with Crippen molar-refractivity contribution < 1.29 is 4.92 Å². The Balaban J connectivity index is 2.35. The minimum absolute atomic E-state index is 0.0223. The van der Waals surface area contributed by atoms with Gasteiger partial charge in [0.15, 0.2) is 0 Å². The zero-order chi connectivity index (χ0) is 12.8. The van der Waals surface area contributed by atoms with Crippen molar-refractivity contribution >= 4 is 23.1 Å². The van der Waals surface area contributed by atoms with Crippen LogP contribution in [-0.4, -0.2) is 20.9 Å². The third-order valence-corrected chi connectivity index (χ3v) is 3.21. The highest BCUT2D eigenvalue weighted by Crippen LogP contribution is 2.47. The van der Waals surface area contributed by atoms with Gasteiger partial charge >= 0.3 is 5.69 Å². The molecule has 7 heteroatoms. The largest absolute Gasteiger partial charge is 0.361 e. The van der Waals surface area contributed by atoms with Crippen LogP contribution in [0.1, 0.15) is 26.0 Å². The molecule has 1 unspecified atom stereocenters. The molecule has 17 heavy (non-hydrogen) atoms. The Morgan fingerprint density at radius 1 is 1.53 bits per heavy atom. The number of halogens is 1. The lowest BCUT2D eigenvalue weighted by Crippen LogP contribution is -2.13. The zero-order valence-electron chi connectivity index (χ0n) is 9.82. The standard InChI is InChI=1S/C10H13ClN4O2/c1-5-7(15(16)17)8(14-9(11)12-5)13-6-4-10(6,2)3/h6H,4H2,1-3H3,(H,12,13,14). The van der Waals surface area contributed by atoms with Gasteiger partial charge in [0.05, 0.1) is 4.92 Å². The highest BCUT2D eigenvalue weighted by atomic mass is 35.5. The van der Waals surface area contributed by atoms with Crippen LogP contribution in [0.3, 0.4) is 0 Å². The highest BCUT2D eigenvalue weighted by molar-refractivity contribution is 6.28. The van der Waals surface area contributed by atoms with Crippen LogP contribution in [0.2, 0.25) is 5.28 Å². The smallest absolute Gasteiger partial charge is 0.332 e. The van der Waals surface area contributed by atoms with E-state index in [2.05, 4.69) is 29.1 Å². The molecule has 0 aromatic carbocycles. The van der Waals surface area contributed by atoms with Gasteiger partial charge in [0.25, 0.3) is 0 Å². The number of nitrogens with zero attached hydrogens (tertiary/aromatic N) is 3. The number of aryl methyl sites for hydroxylation is 1. The summed E-state index contributed by atoms with van der Waals surface area (Å²) in [5.41, 5.74) is 0.326. The van der Waals surface area contributed by atoms with E-state index < -0.39 is 4.92 Å². The molecule has 1 aromatic rings. The molecule has 0 saturated heterocycles. The average Bonchev–Trinajstić information content (AvgIpc) is 2.70. The fourth-order valence-electron chi connectivity index (χ4n) is 1.73. The molecule has 92 valence electrons. The molecule has 0 aliphatic heterocycles. The van der Waals surface area contributed by atoms with E-state index in [0.717, 1.165) is 6.42 Å². The van der Waals surface area contributed by atoms with Crippen LogP contribution in [0.4, 0.5) is 11.5 Å². The molecule has 6 nitrogen and oxygen atoms in total. The zero-order valence-corrected chi connectivity index (χ0v) is 10.6. The van der Waals surface area contributed by atoms with Crippen LogP contribution in [-0.2, 0) is 0 Å². The average molecular weight is 257 g/mol. The molecule has 1 saturated carbocycles. The van der Waals surface area contributed by atoms with Crippen molar-refractivity contribution in [3.63, 3.8) is 0 Å². The molecule has 2 rings (SSSR count). The molecule has 1 N–H and O–H groups in total. The molecule has 0 bridgehead atoms. The molecule has 0 radical (unpaired) electrons. The number of nitro groups is 1. The minimum Gasteiger partial charge on any atom is -0.361 e. The van der Waals surface area contributed by atoms with Crippen molar-refractivity contribution in [2.24, 2.45) is 5.41 Å². The second-order valence-electron chi connectivity index (χ2n) is 4.92. The van der Waals surface area contributed by atoms with Crippen LogP contribution >= 0.6 is 11.6 Å². The van der Waals surface area contributed by atoms with Crippen LogP contribution in [0.5, 0.6) is 0 Å². The lowest BCUT2D eigenvalue weighted by atomic mass is 10.2. The number of nitrogens with one attached hydrogen (secondary N) is 1. The number of hydrogen-bond acceptors (Lipinski definition) is 5. The van der Waals surface area contributed by atoms with Gasteiger partial charge in [-0.05, 0) is 30.4 Å². The number of aromatic nitrogens is 2. The Bertz CT molecular complexity index is 489. The van der Waals surface area contributed by atoms with Gasteiger partial charge in [-0.2, -0.15) is 4.98 Å². The quantitative estimate of drug-likeness (QED) is 0.511. The van der Waals surface area contributed by atoms with Gasteiger partial charge in [0, 0.05) is 6.04 Å². The van der Waals surface area contributed by atoms with Gasteiger partial charge in [-0.1, -0.05) is 13.8 Å². The van der Waals surface area contributed by atoms with Crippen molar-refractivity contribution in [2.75, 3.05) is 5.32 Å². The maximum Gasteiger partial charge on any atom is 0.332 e. The van der Waals surface area contributed by atoms with Crippen molar-refractivity contribution in [3.05, 3.63) is 21.1 Å². The summed E-state index contributed by atoms with van der Waals surface area (Å²) in [6.07, 6.45) is 0.963. The summed E-state index contributed by atoms with van der Waals surface area (Å²) < 4.78 is 0. The van der Waals surface area contributed by atoms with E-state index in [1.54, 1.807) is 6.92 Å². The summed E-state index contributed by atoms with van der Waals surface area (Å²) in [7, 11) is 0. The predicted molar refractivity (Wildman–Crippen MR) is 64.2 cm³/mol. The molecule has 1 heterocycles.